The largest absolute Gasteiger partial charge is 0.399 e. The second kappa shape index (κ2) is 7.92. The zero-order chi connectivity index (χ0) is 11.7. The van der Waals surface area contributed by atoms with Crippen LogP contribution in [-0.2, 0) is 13.8 Å². The van der Waals surface area contributed by atoms with E-state index in [1.807, 2.05) is 0 Å². The molecule has 0 saturated carbocycles. The molecule has 5 nitrogen and oxygen atoms in total. The molecule has 0 saturated heterocycles. The molecule has 0 radical (unpaired) electrons. The van der Waals surface area contributed by atoms with Crippen molar-refractivity contribution in [1.82, 2.24) is 0 Å². The zero-order valence-electron chi connectivity index (χ0n) is 9.47. The van der Waals surface area contributed by atoms with Gasteiger partial charge in [-0.1, -0.05) is 5.16 Å². The summed E-state index contributed by atoms with van der Waals surface area (Å²) in [4.78, 5) is 4.56. The number of thiol groups is 1. The van der Waals surface area contributed by atoms with Crippen LogP contribution >= 0.6 is 12.9 Å². The van der Waals surface area contributed by atoms with Gasteiger partial charge in [0.25, 0.3) is 0 Å². The summed E-state index contributed by atoms with van der Waals surface area (Å²) >= 11 is 3.74. The lowest BCUT2D eigenvalue weighted by atomic mass is 10.2. The summed E-state index contributed by atoms with van der Waals surface area (Å²) in [7, 11) is 1.50. The summed E-state index contributed by atoms with van der Waals surface area (Å²) in [6.07, 6.45) is 2.97. The zero-order valence-corrected chi connectivity index (χ0v) is 10.4. The van der Waals surface area contributed by atoms with E-state index in [9.17, 15) is 0 Å². The van der Waals surface area contributed by atoms with Gasteiger partial charge in [-0.3, -0.25) is 4.18 Å². The van der Waals surface area contributed by atoms with Crippen LogP contribution in [0.15, 0.2) is 5.16 Å². The van der Waals surface area contributed by atoms with Gasteiger partial charge >= 0.3 is 0 Å². The van der Waals surface area contributed by atoms with Crippen molar-refractivity contribution in [3.05, 3.63) is 0 Å². The monoisotopic (exact) mass is 236 g/mol. The molecule has 0 aliphatic rings. The molecule has 0 bridgehead atoms. The minimum atomic E-state index is -0.732. The van der Waals surface area contributed by atoms with Gasteiger partial charge in [0.2, 0.25) is 0 Å². The Labute approximate surface area is 96.6 Å². The Morgan fingerprint density at radius 2 is 2.20 bits per heavy atom. The molecular weight excluding hydrogens is 216 g/mol. The number of rotatable bonds is 8. The van der Waals surface area contributed by atoms with Crippen molar-refractivity contribution >= 4 is 19.1 Å². The average Bonchev–Trinajstić information content (AvgIpc) is 2.18. The fraction of sp³-hybridized carbons (Fsp3) is 0.889. The van der Waals surface area contributed by atoms with Gasteiger partial charge in [0.05, 0.1) is 6.10 Å². The number of ether oxygens (including phenoxy) is 1. The van der Waals surface area contributed by atoms with Crippen molar-refractivity contribution in [2.75, 3.05) is 13.7 Å². The van der Waals surface area contributed by atoms with E-state index < -0.39 is 5.79 Å². The van der Waals surface area contributed by atoms with Gasteiger partial charge in [0, 0.05) is 12.6 Å². The molecule has 1 unspecified atom stereocenters. The molecule has 0 spiro atoms. The molecule has 2 N–H and O–H groups in total. The molecule has 0 aromatic carbocycles. The van der Waals surface area contributed by atoms with Crippen LogP contribution in [0.4, 0.5) is 0 Å². The number of oxime groups is 1. The highest BCUT2D eigenvalue weighted by molar-refractivity contribution is 7.75. The second-order valence-electron chi connectivity index (χ2n) is 3.51. The predicted octanol–water partition coefficient (Wildman–Crippen LogP) is 1.34. The Hall–Kier alpha value is -0.300. The van der Waals surface area contributed by atoms with Crippen LogP contribution in [0.3, 0.4) is 0 Å². The summed E-state index contributed by atoms with van der Waals surface area (Å²) in [6, 6.07) is 0. The molecular formula is C9H20N2O3S. The van der Waals surface area contributed by atoms with Crippen molar-refractivity contribution in [3.63, 3.8) is 0 Å². The van der Waals surface area contributed by atoms with Crippen LogP contribution in [0.1, 0.15) is 26.7 Å². The van der Waals surface area contributed by atoms with Crippen LogP contribution in [0.25, 0.3) is 0 Å². The number of nitrogens with two attached hydrogens (primary N) is 1. The van der Waals surface area contributed by atoms with Gasteiger partial charge in [-0.15, -0.1) is 0 Å². The Morgan fingerprint density at radius 3 is 2.67 bits per heavy atom. The molecule has 0 aliphatic heterocycles. The van der Waals surface area contributed by atoms with Crippen LogP contribution < -0.4 is 5.73 Å². The lowest BCUT2D eigenvalue weighted by Crippen LogP contribution is -2.32. The highest BCUT2D eigenvalue weighted by atomic mass is 32.1. The first-order valence-electron chi connectivity index (χ1n) is 4.81. The molecule has 15 heavy (non-hydrogen) atoms. The Morgan fingerprint density at radius 1 is 1.53 bits per heavy atom. The molecule has 0 aromatic rings. The fourth-order valence-electron chi connectivity index (χ4n) is 1.07. The minimum Gasteiger partial charge on any atom is -0.399 e. The van der Waals surface area contributed by atoms with Crippen molar-refractivity contribution in [2.45, 2.75) is 38.6 Å². The molecule has 6 heteroatoms. The third-order valence-electron chi connectivity index (χ3n) is 1.71. The first kappa shape index (κ1) is 14.7. The summed E-state index contributed by atoms with van der Waals surface area (Å²) < 4.78 is 10.5. The molecule has 0 aliphatic carbocycles. The van der Waals surface area contributed by atoms with Gasteiger partial charge in [-0.25, -0.2) is 0 Å². The first-order valence-corrected chi connectivity index (χ1v) is 5.17. The third-order valence-corrected chi connectivity index (χ3v) is 2.15. The standard InChI is InChI=1S/C9H20N2O3S/c1-9(2,14-15)13-8(4-6-10)5-7-11-12-3/h7-8,15H,4-6,10H2,1-3H3/b11-7+. The molecule has 0 fully saturated rings. The fourth-order valence-corrected chi connectivity index (χ4v) is 1.11. The Bertz CT molecular complexity index is 188. The van der Waals surface area contributed by atoms with Gasteiger partial charge in [-0.05, 0) is 39.7 Å². The van der Waals surface area contributed by atoms with Gasteiger partial charge in [0.1, 0.15) is 7.11 Å². The summed E-state index contributed by atoms with van der Waals surface area (Å²) in [5.74, 6) is -0.732. The molecule has 0 aromatic heterocycles. The maximum atomic E-state index is 5.65. The van der Waals surface area contributed by atoms with E-state index in [1.165, 1.54) is 7.11 Å². The van der Waals surface area contributed by atoms with E-state index in [0.717, 1.165) is 6.42 Å². The van der Waals surface area contributed by atoms with E-state index in [0.29, 0.717) is 13.0 Å². The predicted molar refractivity (Wildman–Crippen MR) is 62.8 cm³/mol. The second-order valence-corrected chi connectivity index (χ2v) is 3.70. The van der Waals surface area contributed by atoms with E-state index in [2.05, 4.69) is 22.9 Å². The summed E-state index contributed by atoms with van der Waals surface area (Å²) in [5.41, 5.74) is 5.48. The van der Waals surface area contributed by atoms with Crippen LogP contribution in [-0.4, -0.2) is 31.8 Å². The van der Waals surface area contributed by atoms with Crippen molar-refractivity contribution in [3.8, 4) is 0 Å². The van der Waals surface area contributed by atoms with Crippen molar-refractivity contribution in [2.24, 2.45) is 10.9 Å². The lowest BCUT2D eigenvalue weighted by molar-refractivity contribution is -0.177. The van der Waals surface area contributed by atoms with Gasteiger partial charge < -0.3 is 15.3 Å². The quantitative estimate of drug-likeness (QED) is 0.219. The van der Waals surface area contributed by atoms with Crippen LogP contribution in [0.2, 0.25) is 0 Å². The SMILES string of the molecule is CO/N=C/CC(CCN)OC(C)(C)OS. The Kier molecular flexibility index (Phi) is 7.76. The molecule has 1 atom stereocenters. The third kappa shape index (κ3) is 7.61. The van der Waals surface area contributed by atoms with Crippen molar-refractivity contribution < 1.29 is 13.8 Å². The Balaban J connectivity index is 4.08. The minimum absolute atomic E-state index is 0.0453. The van der Waals surface area contributed by atoms with E-state index in [4.69, 9.17) is 14.7 Å². The maximum absolute atomic E-state index is 5.65. The maximum Gasteiger partial charge on any atom is 0.175 e. The molecule has 90 valence electrons. The number of hydrogen-bond donors (Lipinski definition) is 2. The first-order chi connectivity index (χ1) is 7.05. The van der Waals surface area contributed by atoms with Gasteiger partial charge in [0.15, 0.2) is 5.79 Å². The van der Waals surface area contributed by atoms with Crippen molar-refractivity contribution in [1.29, 1.82) is 0 Å². The molecule has 0 heterocycles. The molecule has 0 amide bonds. The van der Waals surface area contributed by atoms with E-state index >= 15 is 0 Å². The number of nitrogens with zero attached hydrogens (tertiary/aromatic N) is 1. The van der Waals surface area contributed by atoms with Gasteiger partial charge in [-0.2, -0.15) is 0 Å². The average molecular weight is 236 g/mol. The lowest BCUT2D eigenvalue weighted by Gasteiger charge is -2.27. The van der Waals surface area contributed by atoms with Crippen LogP contribution in [0.5, 0.6) is 0 Å². The number of hydrogen-bond acceptors (Lipinski definition) is 6. The smallest absolute Gasteiger partial charge is 0.175 e. The topological polar surface area (TPSA) is 66.1 Å². The van der Waals surface area contributed by atoms with E-state index in [1.54, 1.807) is 20.1 Å². The van der Waals surface area contributed by atoms with E-state index in [-0.39, 0.29) is 6.10 Å². The highest BCUT2D eigenvalue weighted by Gasteiger charge is 2.22. The van der Waals surface area contributed by atoms with Crippen LogP contribution in [0, 0.1) is 0 Å². The molecule has 0 rings (SSSR count). The normalized spacial score (nSPS) is 14.5. The highest BCUT2D eigenvalue weighted by Crippen LogP contribution is 2.18. The summed E-state index contributed by atoms with van der Waals surface area (Å²) in [5, 5.41) is 3.64. The summed E-state index contributed by atoms with van der Waals surface area (Å²) in [6.45, 7) is 4.13.